The Labute approximate surface area is 139 Å². The molecule has 0 saturated heterocycles. The van der Waals surface area contributed by atoms with Gasteiger partial charge in [-0.2, -0.15) is 0 Å². The van der Waals surface area contributed by atoms with E-state index in [0.717, 1.165) is 11.1 Å². The SMILES string of the molecule is CCC(=O)Nc1ccc(/C=C2/N=C(c3ccccc3)OC2=O)cc1. The predicted molar refractivity (Wildman–Crippen MR) is 92.4 cm³/mol. The van der Waals surface area contributed by atoms with Gasteiger partial charge in [0.1, 0.15) is 0 Å². The summed E-state index contributed by atoms with van der Waals surface area (Å²) < 4.78 is 5.21. The van der Waals surface area contributed by atoms with Crippen LogP contribution < -0.4 is 5.32 Å². The first-order chi connectivity index (χ1) is 11.7. The van der Waals surface area contributed by atoms with E-state index in [0.29, 0.717) is 18.0 Å². The minimum absolute atomic E-state index is 0.0439. The average Bonchev–Trinajstić information content (AvgIpc) is 2.98. The van der Waals surface area contributed by atoms with Gasteiger partial charge in [-0.15, -0.1) is 0 Å². The van der Waals surface area contributed by atoms with E-state index in [1.807, 2.05) is 42.5 Å². The van der Waals surface area contributed by atoms with Crippen LogP contribution in [0.15, 0.2) is 65.3 Å². The maximum Gasteiger partial charge on any atom is 0.363 e. The highest BCUT2D eigenvalue weighted by molar-refractivity contribution is 6.12. The Bertz CT molecular complexity index is 821. The summed E-state index contributed by atoms with van der Waals surface area (Å²) >= 11 is 0. The lowest BCUT2D eigenvalue weighted by atomic mass is 10.1. The average molecular weight is 320 g/mol. The van der Waals surface area contributed by atoms with E-state index in [1.54, 1.807) is 25.1 Å². The molecular formula is C19H16N2O3. The number of cyclic esters (lactones) is 1. The molecular weight excluding hydrogens is 304 g/mol. The molecule has 1 amide bonds. The van der Waals surface area contributed by atoms with E-state index in [2.05, 4.69) is 10.3 Å². The van der Waals surface area contributed by atoms with Crippen LogP contribution in [0.25, 0.3) is 6.08 Å². The summed E-state index contributed by atoms with van der Waals surface area (Å²) in [6, 6.07) is 16.4. The second-order valence-electron chi connectivity index (χ2n) is 5.23. The van der Waals surface area contributed by atoms with Gasteiger partial charge in [0.15, 0.2) is 5.70 Å². The van der Waals surface area contributed by atoms with Crippen molar-refractivity contribution in [2.24, 2.45) is 4.99 Å². The summed E-state index contributed by atoms with van der Waals surface area (Å²) in [5.41, 5.74) is 2.52. The molecule has 3 rings (SSSR count). The van der Waals surface area contributed by atoms with Crippen molar-refractivity contribution < 1.29 is 14.3 Å². The Morgan fingerprint density at radius 1 is 1.12 bits per heavy atom. The number of carbonyl (C=O) groups excluding carboxylic acids is 2. The Morgan fingerprint density at radius 2 is 1.83 bits per heavy atom. The third-order valence-electron chi connectivity index (χ3n) is 3.46. The van der Waals surface area contributed by atoms with E-state index < -0.39 is 5.97 Å². The number of esters is 1. The highest BCUT2D eigenvalue weighted by Crippen LogP contribution is 2.20. The highest BCUT2D eigenvalue weighted by atomic mass is 16.6. The molecule has 0 saturated carbocycles. The van der Waals surface area contributed by atoms with Crippen LogP contribution in [0.5, 0.6) is 0 Å². The second kappa shape index (κ2) is 6.91. The summed E-state index contributed by atoms with van der Waals surface area (Å²) in [6.07, 6.45) is 2.08. The smallest absolute Gasteiger partial charge is 0.363 e. The summed E-state index contributed by atoms with van der Waals surface area (Å²) in [7, 11) is 0. The Morgan fingerprint density at radius 3 is 2.50 bits per heavy atom. The topological polar surface area (TPSA) is 67.8 Å². The zero-order valence-corrected chi connectivity index (χ0v) is 13.2. The van der Waals surface area contributed by atoms with Gasteiger partial charge in [0, 0.05) is 17.7 Å². The van der Waals surface area contributed by atoms with Crippen LogP contribution in [0.3, 0.4) is 0 Å². The summed E-state index contributed by atoms with van der Waals surface area (Å²) in [4.78, 5) is 27.6. The molecule has 0 aliphatic carbocycles. The second-order valence-corrected chi connectivity index (χ2v) is 5.23. The molecule has 1 aliphatic heterocycles. The molecule has 5 nitrogen and oxygen atoms in total. The standard InChI is InChI=1S/C19H16N2O3/c1-2-17(22)20-15-10-8-13(9-11-15)12-16-19(23)24-18(21-16)14-6-4-3-5-7-14/h3-12H,2H2,1H3,(H,20,22)/b16-12+. The van der Waals surface area contributed by atoms with Crippen LogP contribution in [0.4, 0.5) is 5.69 Å². The van der Waals surface area contributed by atoms with E-state index in [-0.39, 0.29) is 11.6 Å². The van der Waals surface area contributed by atoms with Crippen LogP contribution in [0.2, 0.25) is 0 Å². The zero-order valence-electron chi connectivity index (χ0n) is 13.2. The number of carbonyl (C=O) groups is 2. The van der Waals surface area contributed by atoms with Crippen LogP contribution in [-0.4, -0.2) is 17.8 Å². The molecule has 0 fully saturated rings. The van der Waals surface area contributed by atoms with Gasteiger partial charge in [0.2, 0.25) is 11.8 Å². The number of aliphatic imine (C=N–C) groups is 1. The quantitative estimate of drug-likeness (QED) is 0.693. The summed E-state index contributed by atoms with van der Waals surface area (Å²) in [5, 5.41) is 2.77. The number of rotatable bonds is 4. The van der Waals surface area contributed by atoms with Gasteiger partial charge in [0.05, 0.1) is 0 Å². The number of anilines is 1. The molecule has 0 bridgehead atoms. The largest absolute Gasteiger partial charge is 0.402 e. The van der Waals surface area contributed by atoms with E-state index >= 15 is 0 Å². The first-order valence-corrected chi connectivity index (χ1v) is 7.63. The fourth-order valence-corrected chi connectivity index (χ4v) is 2.18. The molecule has 1 aliphatic rings. The van der Waals surface area contributed by atoms with Crippen molar-refractivity contribution >= 4 is 29.5 Å². The van der Waals surface area contributed by atoms with Crippen LogP contribution in [0, 0.1) is 0 Å². The van der Waals surface area contributed by atoms with Crippen molar-refractivity contribution in [2.45, 2.75) is 13.3 Å². The lowest BCUT2D eigenvalue weighted by molar-refractivity contribution is -0.129. The van der Waals surface area contributed by atoms with E-state index in [4.69, 9.17) is 4.74 Å². The Kier molecular flexibility index (Phi) is 4.52. The third kappa shape index (κ3) is 3.57. The minimum atomic E-state index is -0.475. The molecule has 120 valence electrons. The Balaban J connectivity index is 1.79. The molecule has 1 N–H and O–H groups in total. The van der Waals surface area contributed by atoms with Gasteiger partial charge in [-0.05, 0) is 35.9 Å². The van der Waals surface area contributed by atoms with E-state index in [1.165, 1.54) is 0 Å². The molecule has 1 heterocycles. The van der Waals surface area contributed by atoms with Crippen LogP contribution in [-0.2, 0) is 14.3 Å². The first kappa shape index (κ1) is 15.7. The van der Waals surface area contributed by atoms with Gasteiger partial charge < -0.3 is 10.1 Å². The lowest BCUT2D eigenvalue weighted by Crippen LogP contribution is -2.09. The molecule has 0 aromatic heterocycles. The first-order valence-electron chi connectivity index (χ1n) is 7.63. The molecule has 0 unspecified atom stereocenters. The van der Waals surface area contributed by atoms with Crippen molar-refractivity contribution in [3.05, 3.63) is 71.4 Å². The number of benzene rings is 2. The van der Waals surface area contributed by atoms with Gasteiger partial charge >= 0.3 is 5.97 Å². The molecule has 0 radical (unpaired) electrons. The molecule has 0 atom stereocenters. The third-order valence-corrected chi connectivity index (χ3v) is 3.46. The number of hydrogen-bond donors (Lipinski definition) is 1. The monoisotopic (exact) mass is 320 g/mol. The fourth-order valence-electron chi connectivity index (χ4n) is 2.18. The van der Waals surface area contributed by atoms with Crippen molar-refractivity contribution in [1.29, 1.82) is 0 Å². The number of nitrogens with one attached hydrogen (secondary N) is 1. The maximum atomic E-state index is 12.0. The van der Waals surface area contributed by atoms with Crippen molar-refractivity contribution in [3.63, 3.8) is 0 Å². The number of nitrogens with zero attached hydrogens (tertiary/aromatic N) is 1. The maximum absolute atomic E-state index is 12.0. The number of amides is 1. The Hall–Kier alpha value is -3.21. The number of hydrogen-bond acceptors (Lipinski definition) is 4. The summed E-state index contributed by atoms with van der Waals surface area (Å²) in [6.45, 7) is 1.79. The van der Waals surface area contributed by atoms with Gasteiger partial charge in [-0.3, -0.25) is 4.79 Å². The highest BCUT2D eigenvalue weighted by Gasteiger charge is 2.23. The predicted octanol–water partition coefficient (Wildman–Crippen LogP) is 3.38. The van der Waals surface area contributed by atoms with Crippen molar-refractivity contribution in [1.82, 2.24) is 0 Å². The molecule has 2 aromatic rings. The van der Waals surface area contributed by atoms with Crippen LogP contribution >= 0.6 is 0 Å². The van der Waals surface area contributed by atoms with Gasteiger partial charge in [0.25, 0.3) is 0 Å². The molecule has 24 heavy (non-hydrogen) atoms. The molecule has 2 aromatic carbocycles. The van der Waals surface area contributed by atoms with Gasteiger partial charge in [-0.25, -0.2) is 9.79 Å². The lowest BCUT2D eigenvalue weighted by Gasteiger charge is -2.03. The van der Waals surface area contributed by atoms with Crippen molar-refractivity contribution in [2.75, 3.05) is 5.32 Å². The minimum Gasteiger partial charge on any atom is -0.402 e. The van der Waals surface area contributed by atoms with E-state index in [9.17, 15) is 9.59 Å². The van der Waals surface area contributed by atoms with Crippen LogP contribution in [0.1, 0.15) is 24.5 Å². The summed E-state index contributed by atoms with van der Waals surface area (Å²) in [5.74, 6) is -0.214. The molecule has 0 spiro atoms. The number of ether oxygens (including phenoxy) is 1. The van der Waals surface area contributed by atoms with Gasteiger partial charge in [-0.1, -0.05) is 37.3 Å². The fraction of sp³-hybridized carbons (Fsp3) is 0.105. The normalized spacial score (nSPS) is 15.1. The molecule has 5 heteroatoms. The zero-order chi connectivity index (χ0) is 16.9. The van der Waals surface area contributed by atoms with Crippen molar-refractivity contribution in [3.8, 4) is 0 Å².